The van der Waals surface area contributed by atoms with Gasteiger partial charge in [-0.3, -0.25) is 0 Å². The molecule has 0 saturated heterocycles. The van der Waals surface area contributed by atoms with E-state index in [-0.39, 0.29) is 5.54 Å². The molecular formula is C17H31N3. The van der Waals surface area contributed by atoms with Crippen molar-refractivity contribution >= 4 is 0 Å². The quantitative estimate of drug-likeness (QED) is 0.910. The Hall–Kier alpha value is -0.830. The van der Waals surface area contributed by atoms with Gasteiger partial charge < -0.3 is 10.3 Å². The number of hydrogen-bond acceptors (Lipinski definition) is 2. The lowest BCUT2D eigenvalue weighted by Gasteiger charge is -2.42. The molecule has 0 spiro atoms. The van der Waals surface area contributed by atoms with Crippen LogP contribution >= 0.6 is 0 Å². The van der Waals surface area contributed by atoms with Crippen molar-refractivity contribution in [3.63, 3.8) is 0 Å². The fourth-order valence-electron chi connectivity index (χ4n) is 3.50. The molecule has 0 unspecified atom stereocenters. The number of aryl methyl sites for hydroxylation is 1. The van der Waals surface area contributed by atoms with Crippen LogP contribution in [-0.4, -0.2) is 15.1 Å². The topological polar surface area (TPSA) is 43.8 Å². The second-order valence-electron chi connectivity index (χ2n) is 7.72. The van der Waals surface area contributed by atoms with Gasteiger partial charge in [0.1, 0.15) is 5.82 Å². The van der Waals surface area contributed by atoms with Crippen LogP contribution in [0.5, 0.6) is 0 Å². The van der Waals surface area contributed by atoms with Gasteiger partial charge in [-0.25, -0.2) is 4.98 Å². The lowest BCUT2D eigenvalue weighted by atomic mass is 9.67. The van der Waals surface area contributed by atoms with Gasteiger partial charge in [-0.1, -0.05) is 27.7 Å². The van der Waals surface area contributed by atoms with Gasteiger partial charge in [0.05, 0.1) is 0 Å². The van der Waals surface area contributed by atoms with Crippen LogP contribution in [0, 0.1) is 11.3 Å². The fraction of sp³-hybridized carbons (Fsp3) is 0.824. The van der Waals surface area contributed by atoms with Gasteiger partial charge in [0.15, 0.2) is 0 Å². The molecule has 1 saturated carbocycles. The van der Waals surface area contributed by atoms with Crippen molar-refractivity contribution in [3.8, 4) is 0 Å². The third-order valence-corrected chi connectivity index (χ3v) is 4.98. The summed E-state index contributed by atoms with van der Waals surface area (Å²) in [7, 11) is 0. The summed E-state index contributed by atoms with van der Waals surface area (Å²) in [6.07, 6.45) is 10.9. The first-order valence-electron chi connectivity index (χ1n) is 8.13. The molecule has 114 valence electrons. The zero-order valence-electron chi connectivity index (χ0n) is 13.7. The zero-order chi connectivity index (χ0) is 14.8. The molecule has 2 rings (SSSR count). The van der Waals surface area contributed by atoms with Gasteiger partial charge in [0.25, 0.3) is 0 Å². The highest BCUT2D eigenvalue weighted by Crippen LogP contribution is 2.41. The minimum atomic E-state index is -0.0431. The summed E-state index contributed by atoms with van der Waals surface area (Å²) in [5.74, 6) is 1.98. The van der Waals surface area contributed by atoms with Gasteiger partial charge >= 0.3 is 0 Å². The van der Waals surface area contributed by atoms with Crippen molar-refractivity contribution in [2.75, 3.05) is 0 Å². The maximum absolute atomic E-state index is 6.67. The van der Waals surface area contributed by atoms with Crippen LogP contribution in [0.15, 0.2) is 12.4 Å². The van der Waals surface area contributed by atoms with Crippen molar-refractivity contribution in [2.45, 2.75) is 78.3 Å². The highest BCUT2D eigenvalue weighted by Gasteiger charge is 2.36. The number of imidazole rings is 1. The van der Waals surface area contributed by atoms with Crippen molar-refractivity contribution in [3.05, 3.63) is 18.2 Å². The molecule has 0 radical (unpaired) electrons. The average molecular weight is 277 g/mol. The van der Waals surface area contributed by atoms with Crippen LogP contribution in [0.4, 0.5) is 0 Å². The Morgan fingerprint density at radius 1 is 1.35 bits per heavy atom. The van der Waals surface area contributed by atoms with E-state index >= 15 is 0 Å². The van der Waals surface area contributed by atoms with Crippen LogP contribution in [0.3, 0.4) is 0 Å². The Bertz CT molecular complexity index is 420. The van der Waals surface area contributed by atoms with Crippen molar-refractivity contribution in [2.24, 2.45) is 17.1 Å². The molecule has 1 aromatic rings. The molecule has 20 heavy (non-hydrogen) atoms. The number of nitrogens with zero attached hydrogens (tertiary/aromatic N) is 2. The minimum Gasteiger partial charge on any atom is -0.335 e. The lowest BCUT2D eigenvalue weighted by molar-refractivity contribution is 0.132. The van der Waals surface area contributed by atoms with Crippen LogP contribution in [0.25, 0.3) is 0 Å². The number of rotatable bonds is 4. The van der Waals surface area contributed by atoms with E-state index in [2.05, 4.69) is 43.4 Å². The smallest absolute Gasteiger partial charge is 0.110 e. The maximum Gasteiger partial charge on any atom is 0.110 e. The predicted octanol–water partition coefficient (Wildman–Crippen LogP) is 3.77. The third-order valence-electron chi connectivity index (χ3n) is 4.98. The van der Waals surface area contributed by atoms with Gasteiger partial charge in [0.2, 0.25) is 0 Å². The summed E-state index contributed by atoms with van der Waals surface area (Å²) in [6.45, 7) is 10.3. The molecule has 1 aliphatic rings. The first kappa shape index (κ1) is 15.6. The Labute approximate surface area is 124 Å². The zero-order valence-corrected chi connectivity index (χ0v) is 13.7. The van der Waals surface area contributed by atoms with Crippen LogP contribution in [0.1, 0.15) is 65.6 Å². The van der Waals surface area contributed by atoms with Gasteiger partial charge in [-0.05, 0) is 43.4 Å². The van der Waals surface area contributed by atoms with E-state index in [4.69, 9.17) is 5.73 Å². The summed E-state index contributed by atoms with van der Waals surface area (Å²) in [5.41, 5.74) is 7.04. The second-order valence-corrected chi connectivity index (χ2v) is 7.72. The van der Waals surface area contributed by atoms with Gasteiger partial charge in [-0.15, -0.1) is 0 Å². The maximum atomic E-state index is 6.67. The van der Waals surface area contributed by atoms with Crippen LogP contribution in [0.2, 0.25) is 0 Å². The molecule has 0 amide bonds. The molecule has 1 aromatic heterocycles. The van der Waals surface area contributed by atoms with E-state index in [0.29, 0.717) is 5.41 Å². The molecule has 0 atom stereocenters. The third kappa shape index (κ3) is 3.63. The van der Waals surface area contributed by atoms with Crippen molar-refractivity contribution in [1.29, 1.82) is 0 Å². The molecule has 1 aliphatic carbocycles. The summed E-state index contributed by atoms with van der Waals surface area (Å²) in [6, 6.07) is 0. The monoisotopic (exact) mass is 277 g/mol. The predicted molar refractivity (Wildman–Crippen MR) is 84.6 cm³/mol. The molecular weight excluding hydrogens is 246 g/mol. The molecule has 0 aliphatic heterocycles. The Kier molecular flexibility index (Phi) is 4.58. The fourth-order valence-corrected chi connectivity index (χ4v) is 3.50. The SMILES string of the molecule is CCCn1ccnc1CC1(N)CCC(C(C)(C)C)CC1. The molecule has 2 N–H and O–H groups in total. The van der Waals surface area contributed by atoms with E-state index in [9.17, 15) is 0 Å². The van der Waals surface area contributed by atoms with Crippen LogP contribution in [-0.2, 0) is 13.0 Å². The molecule has 0 bridgehead atoms. The molecule has 1 heterocycles. The Balaban J connectivity index is 1.98. The Morgan fingerprint density at radius 2 is 2.00 bits per heavy atom. The molecule has 3 heteroatoms. The number of hydrogen-bond donors (Lipinski definition) is 1. The van der Waals surface area contributed by atoms with E-state index in [1.54, 1.807) is 0 Å². The first-order valence-corrected chi connectivity index (χ1v) is 8.13. The van der Waals surface area contributed by atoms with E-state index in [1.165, 1.54) is 18.7 Å². The number of aromatic nitrogens is 2. The highest BCUT2D eigenvalue weighted by molar-refractivity contribution is 5.03. The molecule has 0 aromatic carbocycles. The number of nitrogens with two attached hydrogens (primary N) is 1. The normalized spacial score (nSPS) is 27.8. The van der Waals surface area contributed by atoms with E-state index in [0.717, 1.165) is 38.1 Å². The average Bonchev–Trinajstić information content (AvgIpc) is 2.76. The standard InChI is InChI=1S/C17H31N3/c1-5-11-20-12-10-19-15(20)13-17(18)8-6-14(7-9-17)16(2,3)4/h10,12,14H,5-9,11,13,18H2,1-4H3. The van der Waals surface area contributed by atoms with E-state index < -0.39 is 0 Å². The summed E-state index contributed by atoms with van der Waals surface area (Å²) < 4.78 is 2.27. The minimum absolute atomic E-state index is 0.0431. The molecule has 1 fully saturated rings. The van der Waals surface area contributed by atoms with Crippen LogP contribution < -0.4 is 5.73 Å². The van der Waals surface area contributed by atoms with Crippen molar-refractivity contribution < 1.29 is 0 Å². The van der Waals surface area contributed by atoms with E-state index in [1.807, 2.05) is 6.20 Å². The first-order chi connectivity index (χ1) is 9.34. The second kappa shape index (κ2) is 5.88. The Morgan fingerprint density at radius 3 is 2.55 bits per heavy atom. The summed E-state index contributed by atoms with van der Waals surface area (Å²) in [5, 5.41) is 0. The van der Waals surface area contributed by atoms with Gasteiger partial charge in [-0.2, -0.15) is 0 Å². The van der Waals surface area contributed by atoms with Crippen molar-refractivity contribution in [1.82, 2.24) is 9.55 Å². The highest BCUT2D eigenvalue weighted by atomic mass is 15.1. The largest absolute Gasteiger partial charge is 0.335 e. The summed E-state index contributed by atoms with van der Waals surface area (Å²) in [4.78, 5) is 4.52. The summed E-state index contributed by atoms with van der Waals surface area (Å²) >= 11 is 0. The lowest BCUT2D eigenvalue weighted by Crippen LogP contribution is -2.47. The molecule has 3 nitrogen and oxygen atoms in total. The van der Waals surface area contributed by atoms with Gasteiger partial charge in [0, 0.05) is 30.9 Å².